The van der Waals surface area contributed by atoms with Gasteiger partial charge in [0.15, 0.2) is 0 Å². The van der Waals surface area contributed by atoms with Crippen LogP contribution in [0.4, 0.5) is 14.5 Å². The molecule has 1 saturated carbocycles. The van der Waals surface area contributed by atoms with Gasteiger partial charge in [-0.2, -0.15) is 0 Å². The molecule has 4 rings (SSSR count). The first-order valence-electron chi connectivity index (χ1n) is 9.69. The van der Waals surface area contributed by atoms with Crippen molar-refractivity contribution >= 4 is 11.3 Å². The molecule has 154 valence electrons. The van der Waals surface area contributed by atoms with E-state index in [-0.39, 0.29) is 18.8 Å². The number of halogens is 2. The molecule has 5 nitrogen and oxygen atoms in total. The van der Waals surface area contributed by atoms with E-state index in [4.69, 9.17) is 5.73 Å². The molecule has 1 aliphatic carbocycles. The van der Waals surface area contributed by atoms with E-state index in [9.17, 15) is 8.78 Å². The van der Waals surface area contributed by atoms with Crippen molar-refractivity contribution in [2.75, 3.05) is 5.32 Å². The SMILES string of the molecule is C=C(Nc1cc(-c2ncc(C3CC(F)(F)C3)[nH]2)ccc1C)/C(=C/N)c1ccccn1. The Bertz CT molecular complexity index is 1090. The van der Waals surface area contributed by atoms with E-state index < -0.39 is 5.92 Å². The highest BCUT2D eigenvalue weighted by Crippen LogP contribution is 2.48. The lowest BCUT2D eigenvalue weighted by molar-refractivity contribution is -0.0875. The van der Waals surface area contributed by atoms with Crippen molar-refractivity contribution < 1.29 is 8.78 Å². The average Bonchev–Trinajstić information content (AvgIpc) is 3.19. The number of alkyl halides is 2. The van der Waals surface area contributed by atoms with Gasteiger partial charge in [-0.3, -0.25) is 4.98 Å². The van der Waals surface area contributed by atoms with Gasteiger partial charge in [-0.1, -0.05) is 24.8 Å². The maximum atomic E-state index is 13.2. The van der Waals surface area contributed by atoms with Crippen LogP contribution in [0, 0.1) is 6.92 Å². The zero-order valence-corrected chi connectivity index (χ0v) is 16.6. The number of aryl methyl sites for hydroxylation is 1. The van der Waals surface area contributed by atoms with Crippen LogP contribution in [0.25, 0.3) is 17.0 Å². The van der Waals surface area contributed by atoms with Gasteiger partial charge >= 0.3 is 0 Å². The number of pyridine rings is 1. The highest BCUT2D eigenvalue weighted by atomic mass is 19.3. The van der Waals surface area contributed by atoms with Crippen LogP contribution in [0.2, 0.25) is 0 Å². The number of aromatic amines is 1. The van der Waals surface area contributed by atoms with E-state index in [0.29, 0.717) is 17.1 Å². The summed E-state index contributed by atoms with van der Waals surface area (Å²) in [4.78, 5) is 11.9. The summed E-state index contributed by atoms with van der Waals surface area (Å²) in [5.41, 5.74) is 11.3. The van der Waals surface area contributed by atoms with Crippen LogP contribution in [0.1, 0.15) is 35.7 Å². The van der Waals surface area contributed by atoms with Gasteiger partial charge in [0.1, 0.15) is 5.82 Å². The first-order valence-corrected chi connectivity index (χ1v) is 9.69. The molecule has 0 amide bonds. The highest BCUT2D eigenvalue weighted by molar-refractivity contribution is 5.81. The van der Waals surface area contributed by atoms with E-state index in [1.165, 1.54) is 6.20 Å². The smallest absolute Gasteiger partial charge is 0.249 e. The van der Waals surface area contributed by atoms with Gasteiger partial charge in [-0.25, -0.2) is 13.8 Å². The van der Waals surface area contributed by atoms with Crippen molar-refractivity contribution in [1.82, 2.24) is 15.0 Å². The normalized spacial score (nSPS) is 16.2. The number of anilines is 1. The summed E-state index contributed by atoms with van der Waals surface area (Å²) in [5.74, 6) is -2.08. The molecule has 7 heteroatoms. The Hall–Kier alpha value is -3.48. The zero-order valence-electron chi connectivity index (χ0n) is 16.6. The fourth-order valence-electron chi connectivity index (χ4n) is 3.57. The molecule has 0 atom stereocenters. The lowest BCUT2D eigenvalue weighted by atomic mass is 9.79. The van der Waals surface area contributed by atoms with Crippen molar-refractivity contribution in [3.63, 3.8) is 0 Å². The van der Waals surface area contributed by atoms with Crippen LogP contribution >= 0.6 is 0 Å². The summed E-state index contributed by atoms with van der Waals surface area (Å²) in [6.45, 7) is 6.09. The van der Waals surface area contributed by atoms with Crippen LogP contribution in [0.3, 0.4) is 0 Å². The molecular formula is C23H23F2N5. The predicted octanol–water partition coefficient (Wildman–Crippen LogP) is 5.22. The van der Waals surface area contributed by atoms with Crippen LogP contribution in [0.15, 0.2) is 67.3 Å². The third-order valence-electron chi connectivity index (χ3n) is 5.35. The van der Waals surface area contributed by atoms with Gasteiger partial charge in [0.05, 0.1) is 5.69 Å². The van der Waals surface area contributed by atoms with Gasteiger partial charge in [-0.05, 0) is 30.7 Å². The summed E-state index contributed by atoms with van der Waals surface area (Å²) in [5, 5.41) is 3.31. The number of nitrogens with zero attached hydrogens (tertiary/aromatic N) is 2. The topological polar surface area (TPSA) is 79.6 Å². The fraction of sp³-hybridized carbons (Fsp3) is 0.217. The molecule has 4 N–H and O–H groups in total. The number of nitrogens with two attached hydrogens (primary N) is 1. The monoisotopic (exact) mass is 407 g/mol. The Morgan fingerprint density at radius 3 is 2.73 bits per heavy atom. The molecule has 3 aromatic rings. The van der Waals surface area contributed by atoms with Crippen molar-refractivity contribution in [2.24, 2.45) is 5.73 Å². The maximum absolute atomic E-state index is 13.2. The zero-order chi connectivity index (χ0) is 21.3. The Balaban J connectivity index is 1.54. The number of H-pyrrole nitrogens is 1. The van der Waals surface area contributed by atoms with Gasteiger partial charge in [0.25, 0.3) is 0 Å². The third kappa shape index (κ3) is 3.96. The first-order chi connectivity index (χ1) is 14.4. The Morgan fingerprint density at radius 2 is 2.07 bits per heavy atom. The molecule has 0 aliphatic heterocycles. The summed E-state index contributed by atoms with van der Waals surface area (Å²) >= 11 is 0. The Kier molecular flexibility index (Phi) is 5.11. The second kappa shape index (κ2) is 7.74. The van der Waals surface area contributed by atoms with Crippen molar-refractivity contribution in [3.05, 3.63) is 84.2 Å². The van der Waals surface area contributed by atoms with E-state index in [2.05, 4.69) is 26.8 Å². The minimum absolute atomic E-state index is 0.128. The second-order valence-corrected chi connectivity index (χ2v) is 7.58. The number of imidazole rings is 1. The minimum Gasteiger partial charge on any atom is -0.404 e. The molecule has 1 aliphatic rings. The molecule has 0 spiro atoms. The van der Waals surface area contributed by atoms with E-state index in [1.807, 2.05) is 43.3 Å². The number of hydrogen-bond donors (Lipinski definition) is 3. The lowest BCUT2D eigenvalue weighted by Gasteiger charge is -2.33. The molecule has 1 aromatic carbocycles. The minimum atomic E-state index is -2.56. The highest BCUT2D eigenvalue weighted by Gasteiger charge is 2.46. The molecule has 0 unspecified atom stereocenters. The van der Waals surface area contributed by atoms with Crippen molar-refractivity contribution in [2.45, 2.75) is 31.6 Å². The number of benzene rings is 1. The summed E-state index contributed by atoms with van der Waals surface area (Å²) in [6.07, 6.45) is 4.57. The summed E-state index contributed by atoms with van der Waals surface area (Å²) in [6, 6.07) is 11.5. The van der Waals surface area contributed by atoms with Crippen molar-refractivity contribution in [3.8, 4) is 11.4 Å². The van der Waals surface area contributed by atoms with Gasteiger partial charge in [0, 0.05) is 65.6 Å². The van der Waals surface area contributed by atoms with Gasteiger partial charge in [0.2, 0.25) is 5.92 Å². The number of allylic oxidation sites excluding steroid dienone is 1. The number of nitrogens with one attached hydrogen (secondary N) is 2. The molecule has 2 aromatic heterocycles. The standard InChI is InChI=1S/C23H23F2N5/c1-14-6-7-16(22-28-13-21(30-22)17-10-23(24,25)11-17)9-20(14)29-15(2)18(12-26)19-5-3-4-8-27-19/h3-9,12-13,17,29H,2,10-11,26H2,1H3,(H,28,30)/b18-12-. The predicted molar refractivity (Wildman–Crippen MR) is 115 cm³/mol. The number of rotatable bonds is 6. The van der Waals surface area contributed by atoms with E-state index >= 15 is 0 Å². The van der Waals surface area contributed by atoms with Gasteiger partial charge in [-0.15, -0.1) is 0 Å². The first kappa shape index (κ1) is 19.8. The Labute approximate surface area is 173 Å². The number of aromatic nitrogens is 3. The fourth-order valence-corrected chi connectivity index (χ4v) is 3.57. The quantitative estimate of drug-likeness (QED) is 0.490. The Morgan fingerprint density at radius 1 is 1.27 bits per heavy atom. The summed E-state index contributed by atoms with van der Waals surface area (Å²) in [7, 11) is 0. The molecular weight excluding hydrogens is 384 g/mol. The molecule has 30 heavy (non-hydrogen) atoms. The summed E-state index contributed by atoms with van der Waals surface area (Å²) < 4.78 is 26.3. The van der Waals surface area contributed by atoms with E-state index in [1.54, 1.807) is 12.4 Å². The molecule has 0 radical (unpaired) electrons. The van der Waals surface area contributed by atoms with Crippen LogP contribution in [-0.2, 0) is 0 Å². The molecule has 2 heterocycles. The van der Waals surface area contributed by atoms with Crippen LogP contribution in [-0.4, -0.2) is 20.9 Å². The third-order valence-corrected chi connectivity index (χ3v) is 5.35. The average molecular weight is 407 g/mol. The van der Waals surface area contributed by atoms with Crippen LogP contribution in [0.5, 0.6) is 0 Å². The molecule has 1 fully saturated rings. The van der Waals surface area contributed by atoms with Crippen LogP contribution < -0.4 is 11.1 Å². The molecule has 0 bridgehead atoms. The van der Waals surface area contributed by atoms with Crippen molar-refractivity contribution in [1.29, 1.82) is 0 Å². The van der Waals surface area contributed by atoms with E-state index in [0.717, 1.165) is 28.2 Å². The number of hydrogen-bond acceptors (Lipinski definition) is 4. The second-order valence-electron chi connectivity index (χ2n) is 7.58. The lowest BCUT2D eigenvalue weighted by Crippen LogP contribution is -2.33. The largest absolute Gasteiger partial charge is 0.404 e. The maximum Gasteiger partial charge on any atom is 0.249 e. The molecule has 0 saturated heterocycles. The van der Waals surface area contributed by atoms with Gasteiger partial charge < -0.3 is 16.0 Å².